The second kappa shape index (κ2) is 10.6. The highest BCUT2D eigenvalue weighted by Gasteiger charge is 2.12. The van der Waals surface area contributed by atoms with E-state index in [-0.39, 0.29) is 5.57 Å². The number of amides is 1. The van der Waals surface area contributed by atoms with Crippen LogP contribution in [0, 0.1) is 25.2 Å². The Bertz CT molecular complexity index is 1130. The predicted octanol–water partition coefficient (Wildman–Crippen LogP) is 5.42. The van der Waals surface area contributed by atoms with E-state index in [1.807, 2.05) is 49.6 Å². The third-order valence-corrected chi connectivity index (χ3v) is 5.27. The number of anilines is 1. The van der Waals surface area contributed by atoms with Gasteiger partial charge in [-0.3, -0.25) is 10.1 Å². The lowest BCUT2D eigenvalue weighted by Crippen LogP contribution is -2.13. The number of carbonyl (C=O) groups excluding carboxylic acids is 1. The zero-order chi connectivity index (χ0) is 22.2. The number of aryl methyl sites for hydroxylation is 2. The molecule has 0 spiro atoms. The van der Waals surface area contributed by atoms with Gasteiger partial charge in [0.1, 0.15) is 36.4 Å². The van der Waals surface area contributed by atoms with Gasteiger partial charge in [0.15, 0.2) is 5.13 Å². The molecule has 3 aromatic rings. The van der Waals surface area contributed by atoms with Gasteiger partial charge < -0.3 is 9.47 Å². The van der Waals surface area contributed by atoms with Crippen molar-refractivity contribution in [2.24, 2.45) is 0 Å². The maximum absolute atomic E-state index is 12.3. The maximum atomic E-state index is 12.3. The number of rotatable bonds is 8. The molecule has 0 fully saturated rings. The number of ether oxygens (including phenoxy) is 2. The summed E-state index contributed by atoms with van der Waals surface area (Å²) in [5.41, 5.74) is 2.52. The molecule has 2 aromatic carbocycles. The fraction of sp³-hybridized carbons (Fsp3) is 0.174. The first-order chi connectivity index (χ1) is 14.9. The van der Waals surface area contributed by atoms with Crippen molar-refractivity contribution < 1.29 is 14.3 Å². The molecule has 31 heavy (non-hydrogen) atoms. The molecule has 0 atom stereocenters. The largest absolute Gasteiger partial charge is 0.490 e. The van der Waals surface area contributed by atoms with Crippen LogP contribution in [0.3, 0.4) is 0 Å². The minimum atomic E-state index is -0.526. The molecule has 1 aromatic heterocycles. The number of thiazole rings is 1. The second-order valence-electron chi connectivity index (χ2n) is 6.62. The normalized spacial score (nSPS) is 11.0. The van der Waals surface area contributed by atoms with Gasteiger partial charge in [-0.2, -0.15) is 5.26 Å². The molecule has 1 heterocycles. The van der Waals surface area contributed by atoms with Crippen molar-refractivity contribution in [1.82, 2.24) is 4.98 Å². The van der Waals surface area contributed by atoms with Crippen molar-refractivity contribution in [2.45, 2.75) is 13.8 Å². The average Bonchev–Trinajstić information content (AvgIpc) is 3.16. The van der Waals surface area contributed by atoms with Gasteiger partial charge in [0.25, 0.3) is 5.91 Å². The highest BCUT2D eigenvalue weighted by molar-refractivity contribution is 7.13. The molecule has 1 amide bonds. The number of halogens is 1. The second-order valence-corrected chi connectivity index (χ2v) is 7.88. The summed E-state index contributed by atoms with van der Waals surface area (Å²) in [5, 5.41) is 14.6. The van der Waals surface area contributed by atoms with Gasteiger partial charge in [-0.15, -0.1) is 11.3 Å². The van der Waals surface area contributed by atoms with Crippen LogP contribution in [-0.4, -0.2) is 24.1 Å². The van der Waals surface area contributed by atoms with E-state index in [1.54, 1.807) is 18.2 Å². The molecular formula is C23H20ClN3O3S. The van der Waals surface area contributed by atoms with E-state index >= 15 is 0 Å². The number of benzene rings is 2. The lowest BCUT2D eigenvalue weighted by molar-refractivity contribution is -0.112. The first kappa shape index (κ1) is 22.3. The molecule has 0 aliphatic rings. The fourth-order valence-electron chi connectivity index (χ4n) is 2.56. The average molecular weight is 454 g/mol. The molecule has 0 bridgehead atoms. The van der Waals surface area contributed by atoms with Crippen LogP contribution in [0.15, 0.2) is 53.4 Å². The minimum absolute atomic E-state index is 0.0518. The molecule has 0 radical (unpaired) electrons. The molecule has 0 saturated carbocycles. The maximum Gasteiger partial charge on any atom is 0.268 e. The number of aromatic nitrogens is 1. The number of nitriles is 1. The molecule has 0 saturated heterocycles. The van der Waals surface area contributed by atoms with Crippen molar-refractivity contribution in [3.05, 3.63) is 75.3 Å². The van der Waals surface area contributed by atoms with Gasteiger partial charge >= 0.3 is 0 Å². The van der Waals surface area contributed by atoms with Gasteiger partial charge in [-0.25, -0.2) is 4.98 Å². The van der Waals surface area contributed by atoms with E-state index in [0.717, 1.165) is 11.4 Å². The Morgan fingerprint density at radius 3 is 2.58 bits per heavy atom. The van der Waals surface area contributed by atoms with Crippen molar-refractivity contribution in [1.29, 1.82) is 5.26 Å². The molecule has 1 N–H and O–H groups in total. The number of carbonyl (C=O) groups is 1. The molecule has 6 nitrogen and oxygen atoms in total. The van der Waals surface area contributed by atoms with Crippen LogP contribution < -0.4 is 14.8 Å². The summed E-state index contributed by atoms with van der Waals surface area (Å²) >= 11 is 7.59. The first-order valence-corrected chi connectivity index (χ1v) is 10.7. The third kappa shape index (κ3) is 6.57. The van der Waals surface area contributed by atoms with E-state index in [0.29, 0.717) is 34.7 Å². The van der Waals surface area contributed by atoms with Crippen LogP contribution in [0.2, 0.25) is 5.02 Å². The summed E-state index contributed by atoms with van der Waals surface area (Å²) in [6.45, 7) is 4.53. The predicted molar refractivity (Wildman–Crippen MR) is 123 cm³/mol. The highest BCUT2D eigenvalue weighted by Crippen LogP contribution is 2.27. The zero-order valence-corrected chi connectivity index (χ0v) is 18.6. The van der Waals surface area contributed by atoms with Crippen molar-refractivity contribution >= 4 is 40.1 Å². The topological polar surface area (TPSA) is 84.2 Å². The third-order valence-electron chi connectivity index (χ3n) is 4.10. The van der Waals surface area contributed by atoms with Crippen molar-refractivity contribution in [3.63, 3.8) is 0 Å². The minimum Gasteiger partial charge on any atom is -0.490 e. The Hall–Kier alpha value is -3.34. The van der Waals surface area contributed by atoms with E-state index in [4.69, 9.17) is 21.1 Å². The lowest BCUT2D eigenvalue weighted by atomic mass is 10.1. The molecule has 0 unspecified atom stereocenters. The summed E-state index contributed by atoms with van der Waals surface area (Å²) in [6, 6.07) is 14.7. The van der Waals surface area contributed by atoms with Gasteiger partial charge in [-0.1, -0.05) is 35.4 Å². The van der Waals surface area contributed by atoms with Crippen LogP contribution in [-0.2, 0) is 4.79 Å². The van der Waals surface area contributed by atoms with Gasteiger partial charge in [0.2, 0.25) is 0 Å². The van der Waals surface area contributed by atoms with E-state index in [9.17, 15) is 10.1 Å². The molecule has 0 aliphatic carbocycles. The number of hydrogen-bond donors (Lipinski definition) is 1. The van der Waals surface area contributed by atoms with Gasteiger partial charge in [0.05, 0.1) is 10.7 Å². The van der Waals surface area contributed by atoms with E-state index in [1.165, 1.54) is 23.0 Å². The van der Waals surface area contributed by atoms with Crippen molar-refractivity contribution in [3.8, 4) is 17.6 Å². The zero-order valence-electron chi connectivity index (χ0n) is 17.0. The van der Waals surface area contributed by atoms with Crippen LogP contribution in [0.5, 0.6) is 11.5 Å². The number of hydrogen-bond acceptors (Lipinski definition) is 6. The molecule has 0 aliphatic heterocycles. The lowest BCUT2D eigenvalue weighted by Gasteiger charge is -2.10. The summed E-state index contributed by atoms with van der Waals surface area (Å²) in [5.74, 6) is 0.741. The summed E-state index contributed by atoms with van der Waals surface area (Å²) < 4.78 is 11.3. The molecule has 158 valence electrons. The Kier molecular flexibility index (Phi) is 7.65. The van der Waals surface area contributed by atoms with Gasteiger partial charge in [0, 0.05) is 5.38 Å². The van der Waals surface area contributed by atoms with Crippen LogP contribution in [0.1, 0.15) is 16.8 Å². The number of nitrogens with zero attached hydrogens (tertiary/aromatic N) is 2. The van der Waals surface area contributed by atoms with E-state index in [2.05, 4.69) is 10.3 Å². The summed E-state index contributed by atoms with van der Waals surface area (Å²) in [7, 11) is 0. The quantitative estimate of drug-likeness (QED) is 0.280. The fourth-order valence-corrected chi connectivity index (χ4v) is 3.49. The monoisotopic (exact) mass is 453 g/mol. The van der Waals surface area contributed by atoms with Crippen LogP contribution in [0.4, 0.5) is 5.13 Å². The Balaban J connectivity index is 1.57. The SMILES string of the molecule is Cc1ccc(OCCOc2ccc(/C=C(/C#N)C(=O)Nc3nc(C)cs3)cc2Cl)cc1. The summed E-state index contributed by atoms with van der Waals surface area (Å²) in [6.07, 6.45) is 1.46. The standard InChI is InChI=1S/C23H20ClN3O3S/c1-15-3-6-19(7-4-15)29-9-10-30-21-8-5-17(12-20(21)24)11-18(13-25)22(28)27-23-26-16(2)14-31-23/h3-8,11-12,14H,9-10H2,1-2H3,(H,26,27,28)/b18-11-. The van der Waals surface area contributed by atoms with E-state index < -0.39 is 5.91 Å². The van der Waals surface area contributed by atoms with Crippen molar-refractivity contribution in [2.75, 3.05) is 18.5 Å². The Labute approximate surface area is 189 Å². The highest BCUT2D eigenvalue weighted by atomic mass is 35.5. The van der Waals surface area contributed by atoms with Crippen LogP contribution in [0.25, 0.3) is 6.08 Å². The molecule has 3 rings (SSSR count). The first-order valence-electron chi connectivity index (χ1n) is 9.41. The number of nitrogens with one attached hydrogen (secondary N) is 1. The molecule has 8 heteroatoms. The Morgan fingerprint density at radius 1 is 1.19 bits per heavy atom. The van der Waals surface area contributed by atoms with Gasteiger partial charge in [-0.05, 0) is 49.8 Å². The summed E-state index contributed by atoms with van der Waals surface area (Å²) in [4.78, 5) is 16.5. The smallest absolute Gasteiger partial charge is 0.268 e. The van der Waals surface area contributed by atoms with Crippen LogP contribution >= 0.6 is 22.9 Å². The molecular weight excluding hydrogens is 434 g/mol. The Morgan fingerprint density at radius 2 is 1.94 bits per heavy atom.